The van der Waals surface area contributed by atoms with Crippen molar-refractivity contribution < 1.29 is 27.9 Å². The number of ether oxygens (including phenoxy) is 1. The molecule has 0 saturated carbocycles. The molecule has 0 bridgehead atoms. The monoisotopic (exact) mass is 446 g/mol. The number of carbonyl (C=O) groups excluding carboxylic acids is 3. The van der Waals surface area contributed by atoms with E-state index in [-0.39, 0.29) is 24.0 Å². The number of amides is 2. The van der Waals surface area contributed by atoms with Crippen LogP contribution in [0.3, 0.4) is 0 Å². The highest BCUT2D eigenvalue weighted by molar-refractivity contribution is 5.91. The van der Waals surface area contributed by atoms with Crippen molar-refractivity contribution in [1.29, 1.82) is 0 Å². The molecule has 0 saturated heterocycles. The fourth-order valence-electron chi connectivity index (χ4n) is 2.82. The number of benzene rings is 2. The largest absolute Gasteiger partial charge is 0.463 e. The van der Waals surface area contributed by atoms with Crippen molar-refractivity contribution in [2.45, 2.75) is 46.2 Å². The summed E-state index contributed by atoms with van der Waals surface area (Å²) in [6, 6.07) is 9.36. The Morgan fingerprint density at radius 3 is 2.12 bits per heavy atom. The highest BCUT2D eigenvalue weighted by Gasteiger charge is 2.28. The van der Waals surface area contributed by atoms with Gasteiger partial charge in [0.05, 0.1) is 13.0 Å². The average Bonchev–Trinajstić information content (AvgIpc) is 2.69. The fourth-order valence-corrected chi connectivity index (χ4v) is 2.82. The lowest BCUT2D eigenvalue weighted by atomic mass is 9.98. The Balaban J connectivity index is 2.04. The Morgan fingerprint density at radius 1 is 0.969 bits per heavy atom. The normalized spacial score (nSPS) is 13.1. The smallest absolute Gasteiger partial charge is 0.333 e. The van der Waals surface area contributed by atoms with E-state index in [1.165, 1.54) is 6.92 Å². The molecular weight excluding hydrogens is 418 g/mol. The zero-order valence-corrected chi connectivity index (χ0v) is 18.6. The van der Waals surface area contributed by atoms with Crippen molar-refractivity contribution >= 4 is 17.8 Å². The Labute approximate surface area is 186 Å². The molecule has 0 radical (unpaired) electrons. The van der Waals surface area contributed by atoms with Gasteiger partial charge >= 0.3 is 5.97 Å². The molecule has 2 aromatic carbocycles. The van der Waals surface area contributed by atoms with Crippen LogP contribution < -0.4 is 10.6 Å². The quantitative estimate of drug-likeness (QED) is 0.609. The third-order valence-electron chi connectivity index (χ3n) is 4.36. The van der Waals surface area contributed by atoms with E-state index in [0.29, 0.717) is 11.6 Å². The second kappa shape index (κ2) is 10.8. The molecule has 2 atom stereocenters. The summed E-state index contributed by atoms with van der Waals surface area (Å²) in [6.45, 7) is 7.36. The Morgan fingerprint density at radius 2 is 1.56 bits per heavy atom. The number of nitrogens with one attached hydrogen (secondary N) is 2. The minimum Gasteiger partial charge on any atom is -0.463 e. The first-order valence-electron chi connectivity index (χ1n) is 10.2. The van der Waals surface area contributed by atoms with E-state index in [1.807, 2.05) is 20.8 Å². The van der Waals surface area contributed by atoms with Crippen LogP contribution in [0.4, 0.5) is 8.78 Å². The van der Waals surface area contributed by atoms with Crippen LogP contribution in [-0.2, 0) is 25.5 Å². The first-order chi connectivity index (χ1) is 14.9. The molecule has 0 aromatic heterocycles. The zero-order chi connectivity index (χ0) is 23.9. The van der Waals surface area contributed by atoms with Gasteiger partial charge in [-0.15, -0.1) is 0 Å². The molecule has 0 aliphatic heterocycles. The van der Waals surface area contributed by atoms with Gasteiger partial charge in [-0.2, -0.15) is 0 Å². The van der Waals surface area contributed by atoms with E-state index in [0.717, 1.165) is 12.1 Å². The molecule has 2 amide bonds. The SMILES string of the molecule is C[C@H](NC(=O)Cc1cc(F)cc(F)c1)C(=O)N[C@H](C(=O)OCC(C)(C)C)c1ccccc1. The summed E-state index contributed by atoms with van der Waals surface area (Å²) in [5, 5.41) is 5.08. The van der Waals surface area contributed by atoms with E-state index >= 15 is 0 Å². The summed E-state index contributed by atoms with van der Waals surface area (Å²) in [5.41, 5.74) is 0.424. The van der Waals surface area contributed by atoms with Gasteiger partial charge in [0, 0.05) is 6.07 Å². The molecule has 0 aliphatic rings. The standard InChI is InChI=1S/C24H28F2N2O4/c1-15(27-20(29)12-16-10-18(25)13-19(26)11-16)22(30)28-21(17-8-6-5-7-9-17)23(31)32-14-24(2,3)4/h5-11,13,15,21H,12,14H2,1-4H3,(H,27,29)(H,28,30)/t15-,21-/m0/s1. The zero-order valence-electron chi connectivity index (χ0n) is 18.6. The minimum absolute atomic E-state index is 0.139. The van der Waals surface area contributed by atoms with Gasteiger partial charge in [-0.25, -0.2) is 13.6 Å². The molecule has 0 spiro atoms. The Bertz CT molecular complexity index is 938. The van der Waals surface area contributed by atoms with Crippen LogP contribution in [0.2, 0.25) is 0 Å². The van der Waals surface area contributed by atoms with Crippen LogP contribution in [0.15, 0.2) is 48.5 Å². The number of rotatable bonds is 8. The maximum atomic E-state index is 13.3. The van der Waals surface area contributed by atoms with E-state index in [9.17, 15) is 23.2 Å². The van der Waals surface area contributed by atoms with Gasteiger partial charge in [0.1, 0.15) is 17.7 Å². The van der Waals surface area contributed by atoms with Crippen molar-refractivity contribution in [3.8, 4) is 0 Å². The predicted molar refractivity (Wildman–Crippen MR) is 115 cm³/mol. The van der Waals surface area contributed by atoms with E-state index in [1.54, 1.807) is 30.3 Å². The third-order valence-corrected chi connectivity index (χ3v) is 4.36. The second-order valence-electron chi connectivity index (χ2n) is 8.76. The lowest BCUT2D eigenvalue weighted by molar-refractivity contribution is -0.150. The minimum atomic E-state index is -1.05. The summed E-state index contributed by atoms with van der Waals surface area (Å²) >= 11 is 0. The van der Waals surface area contributed by atoms with Crippen molar-refractivity contribution in [2.75, 3.05) is 6.61 Å². The molecule has 172 valence electrons. The number of halogens is 2. The van der Waals surface area contributed by atoms with E-state index in [4.69, 9.17) is 4.74 Å². The van der Waals surface area contributed by atoms with Crippen molar-refractivity contribution in [1.82, 2.24) is 10.6 Å². The highest BCUT2D eigenvalue weighted by Crippen LogP contribution is 2.18. The molecule has 6 nitrogen and oxygen atoms in total. The molecule has 0 heterocycles. The fraction of sp³-hybridized carbons (Fsp3) is 0.375. The molecule has 0 fully saturated rings. The molecule has 2 aromatic rings. The maximum absolute atomic E-state index is 13.3. The van der Waals surface area contributed by atoms with Crippen LogP contribution in [0.1, 0.15) is 44.9 Å². The second-order valence-corrected chi connectivity index (χ2v) is 8.76. The third kappa shape index (κ3) is 8.09. The first-order valence-corrected chi connectivity index (χ1v) is 10.2. The van der Waals surface area contributed by atoms with Crippen LogP contribution >= 0.6 is 0 Å². The van der Waals surface area contributed by atoms with Gasteiger partial charge < -0.3 is 15.4 Å². The lowest BCUT2D eigenvalue weighted by Crippen LogP contribution is -2.48. The molecule has 8 heteroatoms. The first kappa shape index (κ1) is 25.0. The van der Waals surface area contributed by atoms with Gasteiger partial charge in [-0.1, -0.05) is 51.1 Å². The summed E-state index contributed by atoms with van der Waals surface area (Å²) in [4.78, 5) is 37.6. The Hall–Kier alpha value is -3.29. The average molecular weight is 446 g/mol. The summed E-state index contributed by atoms with van der Waals surface area (Å²) in [5.74, 6) is -3.40. The maximum Gasteiger partial charge on any atom is 0.333 e. The molecule has 0 aliphatic carbocycles. The number of esters is 1. The van der Waals surface area contributed by atoms with Crippen LogP contribution in [0.5, 0.6) is 0 Å². The van der Waals surface area contributed by atoms with Gasteiger partial charge in [0.2, 0.25) is 11.8 Å². The highest BCUT2D eigenvalue weighted by atomic mass is 19.1. The van der Waals surface area contributed by atoms with Gasteiger partial charge in [-0.05, 0) is 35.6 Å². The number of hydrogen-bond donors (Lipinski definition) is 2. The topological polar surface area (TPSA) is 84.5 Å². The van der Waals surface area contributed by atoms with E-state index < -0.39 is 41.5 Å². The van der Waals surface area contributed by atoms with Crippen LogP contribution in [0.25, 0.3) is 0 Å². The van der Waals surface area contributed by atoms with Crippen molar-refractivity contribution in [3.63, 3.8) is 0 Å². The molecule has 2 N–H and O–H groups in total. The molecule has 2 rings (SSSR count). The lowest BCUT2D eigenvalue weighted by Gasteiger charge is -2.23. The summed E-state index contributed by atoms with van der Waals surface area (Å²) in [7, 11) is 0. The summed E-state index contributed by atoms with van der Waals surface area (Å²) in [6.07, 6.45) is -0.304. The van der Waals surface area contributed by atoms with Crippen LogP contribution in [-0.4, -0.2) is 30.4 Å². The van der Waals surface area contributed by atoms with Crippen molar-refractivity contribution in [3.05, 3.63) is 71.3 Å². The summed E-state index contributed by atoms with van der Waals surface area (Å²) < 4.78 is 32.0. The molecule has 0 unspecified atom stereocenters. The number of carbonyl (C=O) groups is 3. The number of hydrogen-bond acceptors (Lipinski definition) is 4. The van der Waals surface area contributed by atoms with Gasteiger partial charge in [0.25, 0.3) is 0 Å². The molecular formula is C24H28F2N2O4. The van der Waals surface area contributed by atoms with Gasteiger partial charge in [0.15, 0.2) is 6.04 Å². The predicted octanol–water partition coefficient (Wildman–Crippen LogP) is 3.46. The Kier molecular flexibility index (Phi) is 8.46. The van der Waals surface area contributed by atoms with Crippen molar-refractivity contribution in [2.24, 2.45) is 5.41 Å². The van der Waals surface area contributed by atoms with Gasteiger partial charge in [-0.3, -0.25) is 9.59 Å². The van der Waals surface area contributed by atoms with Crippen LogP contribution in [0, 0.1) is 17.0 Å². The van der Waals surface area contributed by atoms with E-state index in [2.05, 4.69) is 10.6 Å². The molecule has 32 heavy (non-hydrogen) atoms.